The van der Waals surface area contributed by atoms with Crippen LogP contribution in [0, 0.1) is 69.8 Å². The molecule has 236 valence electrons. The SMILES string of the molecule is Fc1c(F)c(F)c(C(F)(F)F)c(N(c2c(F)c(F)c(F)c(F)c2C(F)(F)F)c2c(F)c(F)c(F)c(F)c2C(F)(F)F)c1F. The summed E-state index contributed by atoms with van der Waals surface area (Å²) in [5, 5.41) is 0. The summed E-state index contributed by atoms with van der Waals surface area (Å²) in [6.07, 6.45) is -20.7. The fraction of sp³-hybridized carbons (Fsp3) is 0.143. The van der Waals surface area contributed by atoms with E-state index in [4.69, 9.17) is 0 Å². The van der Waals surface area contributed by atoms with Crippen LogP contribution in [-0.4, -0.2) is 0 Å². The molecule has 0 heterocycles. The highest BCUT2D eigenvalue weighted by Crippen LogP contribution is 2.55. The molecule has 3 rings (SSSR count). The van der Waals surface area contributed by atoms with Crippen LogP contribution in [0.25, 0.3) is 0 Å². The van der Waals surface area contributed by atoms with Crippen LogP contribution in [0.1, 0.15) is 16.7 Å². The summed E-state index contributed by atoms with van der Waals surface area (Å²) < 4.78 is 295. The standard InChI is InChI=1S/C21F21N/c22-4-1(19(34,35)36)16(13(31)10(28)7(4)25)43(17-2(20(37,38)39)5(23)8(26)11(29)14(17)32)18-3(21(40,41)42)6(24)9(27)12(30)15(18)33. The van der Waals surface area contributed by atoms with Crippen molar-refractivity contribution in [1.82, 2.24) is 0 Å². The highest BCUT2D eigenvalue weighted by atomic mass is 19.4. The lowest BCUT2D eigenvalue weighted by Crippen LogP contribution is -2.30. The zero-order valence-corrected chi connectivity index (χ0v) is 18.9. The van der Waals surface area contributed by atoms with Crippen LogP contribution in [0.15, 0.2) is 0 Å². The fourth-order valence-corrected chi connectivity index (χ4v) is 3.60. The Kier molecular flexibility index (Phi) is 8.03. The van der Waals surface area contributed by atoms with Gasteiger partial charge in [0.05, 0.1) is 0 Å². The molecule has 3 aromatic rings. The van der Waals surface area contributed by atoms with Gasteiger partial charge in [-0.05, 0) is 0 Å². The summed E-state index contributed by atoms with van der Waals surface area (Å²) in [7, 11) is 0. The predicted molar refractivity (Wildman–Crippen MR) is 95.6 cm³/mol. The van der Waals surface area contributed by atoms with Crippen molar-refractivity contribution in [2.24, 2.45) is 0 Å². The fourth-order valence-electron chi connectivity index (χ4n) is 3.60. The van der Waals surface area contributed by atoms with E-state index in [0.29, 0.717) is 0 Å². The number of halogens is 21. The first-order valence-electron chi connectivity index (χ1n) is 9.89. The van der Waals surface area contributed by atoms with E-state index in [9.17, 15) is 92.2 Å². The Bertz CT molecular complexity index is 1450. The van der Waals surface area contributed by atoms with Gasteiger partial charge in [0.2, 0.25) is 0 Å². The molecule has 0 aliphatic heterocycles. The molecule has 3 aromatic carbocycles. The Morgan fingerprint density at radius 2 is 0.419 bits per heavy atom. The van der Waals surface area contributed by atoms with Gasteiger partial charge in [-0.1, -0.05) is 0 Å². The van der Waals surface area contributed by atoms with E-state index in [1.807, 2.05) is 0 Å². The summed E-state index contributed by atoms with van der Waals surface area (Å²) in [6.45, 7) is 0. The maximum atomic E-state index is 14.9. The van der Waals surface area contributed by atoms with Gasteiger partial charge in [0.15, 0.2) is 69.8 Å². The summed E-state index contributed by atoms with van der Waals surface area (Å²) in [4.78, 5) is -2.45. The van der Waals surface area contributed by atoms with Crippen molar-refractivity contribution in [3.05, 3.63) is 86.5 Å². The summed E-state index contributed by atoms with van der Waals surface area (Å²) >= 11 is 0. The number of anilines is 3. The Balaban J connectivity index is 2.96. The van der Waals surface area contributed by atoms with Crippen molar-refractivity contribution in [1.29, 1.82) is 0 Å². The zero-order valence-electron chi connectivity index (χ0n) is 18.9. The summed E-state index contributed by atoms with van der Waals surface area (Å²) in [5.74, 6) is -44.6. The lowest BCUT2D eigenvalue weighted by molar-refractivity contribution is -0.140. The van der Waals surface area contributed by atoms with Crippen LogP contribution >= 0.6 is 0 Å². The summed E-state index contributed by atoms with van der Waals surface area (Å²) in [6, 6.07) is 0. The van der Waals surface area contributed by atoms with Gasteiger partial charge in [-0.15, -0.1) is 0 Å². The average Bonchev–Trinajstić information content (AvgIpc) is 2.86. The first kappa shape index (κ1) is 33.5. The molecule has 0 amide bonds. The molecule has 0 atom stereocenters. The van der Waals surface area contributed by atoms with E-state index in [0.717, 1.165) is 0 Å². The normalized spacial score (nSPS) is 12.8. The first-order chi connectivity index (χ1) is 19.3. The van der Waals surface area contributed by atoms with Crippen LogP contribution in [0.5, 0.6) is 0 Å². The third-order valence-electron chi connectivity index (χ3n) is 5.25. The van der Waals surface area contributed by atoms with E-state index in [1.54, 1.807) is 0 Å². The molecule has 0 bridgehead atoms. The topological polar surface area (TPSA) is 3.24 Å². The summed E-state index contributed by atoms with van der Waals surface area (Å²) in [5.41, 5.74) is -23.2. The maximum absolute atomic E-state index is 14.9. The third kappa shape index (κ3) is 5.12. The second-order valence-corrected chi connectivity index (χ2v) is 7.77. The minimum Gasteiger partial charge on any atom is -0.300 e. The second kappa shape index (κ2) is 10.3. The van der Waals surface area contributed by atoms with Gasteiger partial charge in [-0.3, -0.25) is 4.90 Å². The maximum Gasteiger partial charge on any atom is 0.421 e. The van der Waals surface area contributed by atoms with Crippen LogP contribution < -0.4 is 4.90 Å². The number of hydrogen-bond acceptors (Lipinski definition) is 1. The van der Waals surface area contributed by atoms with E-state index < -0.39 is 127 Å². The Morgan fingerprint density at radius 3 is 0.581 bits per heavy atom. The van der Waals surface area contributed by atoms with Crippen LogP contribution in [-0.2, 0) is 18.5 Å². The highest BCUT2D eigenvalue weighted by Gasteiger charge is 2.52. The molecule has 0 aliphatic carbocycles. The highest BCUT2D eigenvalue weighted by molar-refractivity contribution is 5.84. The van der Waals surface area contributed by atoms with Gasteiger partial charge < -0.3 is 0 Å². The molecule has 0 radical (unpaired) electrons. The molecule has 0 saturated heterocycles. The predicted octanol–water partition coefficient (Wildman–Crippen LogP) is 9.88. The molecule has 0 saturated carbocycles. The van der Waals surface area contributed by atoms with Crippen molar-refractivity contribution < 1.29 is 92.2 Å². The minimum atomic E-state index is -6.90. The van der Waals surface area contributed by atoms with Crippen molar-refractivity contribution >= 4 is 17.1 Å². The van der Waals surface area contributed by atoms with E-state index >= 15 is 0 Å². The quantitative estimate of drug-likeness (QED) is 0.153. The van der Waals surface area contributed by atoms with Gasteiger partial charge in [0.1, 0.15) is 33.8 Å². The lowest BCUT2D eigenvalue weighted by atomic mass is 10.0. The van der Waals surface area contributed by atoms with E-state index in [1.165, 1.54) is 0 Å². The molecule has 0 aromatic heterocycles. The molecule has 1 nitrogen and oxygen atoms in total. The molecule has 0 aliphatic rings. The van der Waals surface area contributed by atoms with Crippen molar-refractivity contribution in [2.75, 3.05) is 4.90 Å². The van der Waals surface area contributed by atoms with Gasteiger partial charge in [0.25, 0.3) is 0 Å². The molecule has 0 N–H and O–H groups in total. The molecular formula is C21F21N. The number of rotatable bonds is 3. The smallest absolute Gasteiger partial charge is 0.300 e. The molecule has 22 heteroatoms. The number of hydrogen-bond donors (Lipinski definition) is 0. The van der Waals surface area contributed by atoms with Crippen molar-refractivity contribution in [2.45, 2.75) is 18.5 Å². The number of nitrogens with zero attached hydrogens (tertiary/aromatic N) is 1. The Hall–Kier alpha value is -4.01. The number of benzene rings is 3. The number of alkyl halides is 9. The molecule has 43 heavy (non-hydrogen) atoms. The van der Waals surface area contributed by atoms with E-state index in [-0.39, 0.29) is 0 Å². The Morgan fingerprint density at radius 1 is 0.256 bits per heavy atom. The zero-order chi connectivity index (χ0) is 33.5. The molecule has 0 unspecified atom stereocenters. The van der Waals surface area contributed by atoms with Gasteiger partial charge in [0, 0.05) is 0 Å². The van der Waals surface area contributed by atoms with Crippen LogP contribution in [0.3, 0.4) is 0 Å². The molecular weight excluding hydrogens is 665 g/mol. The van der Waals surface area contributed by atoms with Gasteiger partial charge >= 0.3 is 18.5 Å². The second-order valence-electron chi connectivity index (χ2n) is 7.77. The molecule has 0 fully saturated rings. The lowest BCUT2D eigenvalue weighted by Gasteiger charge is -2.33. The largest absolute Gasteiger partial charge is 0.421 e. The van der Waals surface area contributed by atoms with E-state index in [2.05, 4.69) is 0 Å². The van der Waals surface area contributed by atoms with Crippen molar-refractivity contribution in [3.8, 4) is 0 Å². The molecule has 0 spiro atoms. The van der Waals surface area contributed by atoms with Crippen LogP contribution in [0.4, 0.5) is 109 Å². The monoisotopic (exact) mass is 665 g/mol. The van der Waals surface area contributed by atoms with Crippen LogP contribution in [0.2, 0.25) is 0 Å². The first-order valence-corrected chi connectivity index (χ1v) is 9.89. The van der Waals surface area contributed by atoms with Gasteiger partial charge in [-0.25, -0.2) is 52.7 Å². The Labute approximate surface area is 220 Å². The van der Waals surface area contributed by atoms with Gasteiger partial charge in [-0.2, -0.15) is 39.5 Å². The average molecular weight is 665 g/mol. The third-order valence-corrected chi connectivity index (χ3v) is 5.25. The van der Waals surface area contributed by atoms with Crippen molar-refractivity contribution in [3.63, 3.8) is 0 Å². The minimum absolute atomic E-state index is 2.45.